The summed E-state index contributed by atoms with van der Waals surface area (Å²) in [4.78, 5) is 17.9. The van der Waals surface area contributed by atoms with Crippen molar-refractivity contribution in [1.82, 2.24) is 9.88 Å². The quantitative estimate of drug-likeness (QED) is 0.848. The first-order valence-corrected chi connectivity index (χ1v) is 9.77. The van der Waals surface area contributed by atoms with Gasteiger partial charge < -0.3 is 14.7 Å². The first kappa shape index (κ1) is 19.5. The van der Waals surface area contributed by atoms with E-state index in [-0.39, 0.29) is 29.2 Å². The number of pyridine rings is 1. The van der Waals surface area contributed by atoms with Crippen LogP contribution in [0.3, 0.4) is 0 Å². The molecule has 1 saturated heterocycles. The van der Waals surface area contributed by atoms with Crippen LogP contribution in [0.15, 0.2) is 18.2 Å². The number of carbonyl (C=O) groups excluding carboxylic acids is 1. The summed E-state index contributed by atoms with van der Waals surface area (Å²) in [5, 5.41) is 9.81. The fraction of sp³-hybridized carbons (Fsp3) is 0.700. The molecule has 0 bridgehead atoms. The molecule has 28 heavy (non-hydrogen) atoms. The molecule has 2 heterocycles. The highest BCUT2D eigenvalue weighted by Gasteiger charge is 2.51. The summed E-state index contributed by atoms with van der Waals surface area (Å²) < 4.78 is 44.0. The van der Waals surface area contributed by atoms with Gasteiger partial charge in [-0.2, -0.15) is 13.2 Å². The van der Waals surface area contributed by atoms with Crippen molar-refractivity contribution in [2.45, 2.75) is 63.3 Å². The number of alkyl halides is 3. The minimum atomic E-state index is -4.48. The van der Waals surface area contributed by atoms with Gasteiger partial charge in [0.2, 0.25) is 11.8 Å². The summed E-state index contributed by atoms with van der Waals surface area (Å²) in [5.74, 6) is 0.0981. The van der Waals surface area contributed by atoms with E-state index in [4.69, 9.17) is 4.74 Å². The summed E-state index contributed by atoms with van der Waals surface area (Å²) in [6, 6.07) is 3.70. The maximum absolute atomic E-state index is 12.8. The highest BCUT2D eigenvalue weighted by molar-refractivity contribution is 5.81. The van der Waals surface area contributed by atoms with E-state index in [9.17, 15) is 23.1 Å². The third-order valence-corrected chi connectivity index (χ3v) is 6.38. The van der Waals surface area contributed by atoms with Crippen molar-refractivity contribution >= 4 is 5.91 Å². The van der Waals surface area contributed by atoms with E-state index in [1.165, 1.54) is 12.1 Å². The second-order valence-electron chi connectivity index (χ2n) is 8.97. The van der Waals surface area contributed by atoms with E-state index in [1.807, 2.05) is 4.90 Å². The Morgan fingerprint density at radius 2 is 1.89 bits per heavy atom. The molecule has 1 spiro atoms. The molecule has 3 aliphatic rings. The molecule has 0 atom stereocenters. The van der Waals surface area contributed by atoms with Crippen LogP contribution in [-0.4, -0.2) is 45.7 Å². The molecule has 5 nitrogen and oxygen atoms in total. The van der Waals surface area contributed by atoms with Crippen molar-refractivity contribution in [3.63, 3.8) is 0 Å². The maximum Gasteiger partial charge on any atom is 0.433 e. The van der Waals surface area contributed by atoms with Crippen molar-refractivity contribution in [3.8, 4) is 5.88 Å². The fourth-order valence-electron chi connectivity index (χ4n) is 4.80. The number of rotatable bonds is 3. The van der Waals surface area contributed by atoms with Crippen molar-refractivity contribution in [3.05, 3.63) is 23.9 Å². The molecule has 2 aliphatic carbocycles. The van der Waals surface area contributed by atoms with E-state index in [0.717, 1.165) is 44.8 Å². The molecule has 0 unspecified atom stereocenters. The zero-order valence-electron chi connectivity index (χ0n) is 15.8. The van der Waals surface area contributed by atoms with Gasteiger partial charge in [-0.15, -0.1) is 0 Å². The Bertz CT molecular complexity index is 741. The van der Waals surface area contributed by atoms with E-state index in [1.54, 1.807) is 6.92 Å². The lowest BCUT2D eigenvalue weighted by atomic mass is 9.66. The molecular formula is C20H25F3N2O3. The summed E-state index contributed by atoms with van der Waals surface area (Å²) in [5.41, 5.74) is -1.53. The number of halogens is 3. The van der Waals surface area contributed by atoms with Crippen LogP contribution in [0.25, 0.3) is 0 Å². The first-order valence-electron chi connectivity index (χ1n) is 9.77. The zero-order chi connectivity index (χ0) is 20.2. The summed E-state index contributed by atoms with van der Waals surface area (Å²) in [6.07, 6.45) is -0.272. The smallest absolute Gasteiger partial charge is 0.433 e. The van der Waals surface area contributed by atoms with Gasteiger partial charge in [0, 0.05) is 30.5 Å². The van der Waals surface area contributed by atoms with Gasteiger partial charge >= 0.3 is 6.18 Å². The third kappa shape index (κ3) is 3.83. The highest BCUT2D eigenvalue weighted by atomic mass is 19.4. The van der Waals surface area contributed by atoms with Gasteiger partial charge in [0.15, 0.2) is 0 Å². The van der Waals surface area contributed by atoms with Crippen molar-refractivity contribution < 1.29 is 27.8 Å². The van der Waals surface area contributed by atoms with Crippen LogP contribution in [0, 0.1) is 11.3 Å². The third-order valence-electron chi connectivity index (χ3n) is 6.38. The van der Waals surface area contributed by atoms with Gasteiger partial charge in [0.1, 0.15) is 11.8 Å². The monoisotopic (exact) mass is 398 g/mol. The number of amides is 1. The van der Waals surface area contributed by atoms with Crippen LogP contribution in [0.5, 0.6) is 5.88 Å². The highest BCUT2D eigenvalue weighted by Crippen LogP contribution is 2.47. The SMILES string of the molecule is C[C@]1(O)C[C@@H](C(=O)N2CC3(CCC(Oc4cccc(C(F)(F)F)n4)CC3)C2)C1. The number of ether oxygens (including phenoxy) is 1. The molecule has 0 radical (unpaired) electrons. The van der Waals surface area contributed by atoms with Gasteiger partial charge in [0.25, 0.3) is 0 Å². The number of hydrogen-bond donors (Lipinski definition) is 1. The zero-order valence-corrected chi connectivity index (χ0v) is 15.8. The standard InChI is InChI=1S/C20H25F3N2O3/c1-18(27)9-13(10-18)17(26)25-11-19(12-25)7-5-14(6-8-19)28-16-4-2-3-15(24-16)20(21,22)23/h2-4,13-14,27H,5-12H2,1H3/t13-,18+. The molecule has 4 rings (SSSR count). The Labute approximate surface area is 161 Å². The van der Waals surface area contributed by atoms with Crippen LogP contribution in [0.4, 0.5) is 13.2 Å². The average Bonchev–Trinajstić information content (AvgIpc) is 2.57. The molecule has 8 heteroatoms. The molecule has 1 aromatic rings. The predicted molar refractivity (Wildman–Crippen MR) is 94.5 cm³/mol. The van der Waals surface area contributed by atoms with Crippen molar-refractivity contribution in [2.24, 2.45) is 11.3 Å². The Hall–Kier alpha value is -1.83. The summed E-state index contributed by atoms with van der Waals surface area (Å²) in [6.45, 7) is 3.23. The normalized spacial score (nSPS) is 29.9. The Balaban J connectivity index is 1.25. The predicted octanol–water partition coefficient (Wildman–Crippen LogP) is 3.41. The Morgan fingerprint density at radius 1 is 1.25 bits per heavy atom. The lowest BCUT2D eigenvalue weighted by Crippen LogP contribution is -2.63. The van der Waals surface area contributed by atoms with E-state index >= 15 is 0 Å². The minimum Gasteiger partial charge on any atom is -0.474 e. The summed E-state index contributed by atoms with van der Waals surface area (Å²) in [7, 11) is 0. The molecule has 1 aromatic heterocycles. The van der Waals surface area contributed by atoms with Gasteiger partial charge in [-0.3, -0.25) is 4.79 Å². The van der Waals surface area contributed by atoms with E-state index < -0.39 is 17.5 Å². The molecule has 2 saturated carbocycles. The van der Waals surface area contributed by atoms with Crippen LogP contribution >= 0.6 is 0 Å². The Kier molecular flexibility index (Phi) is 4.60. The van der Waals surface area contributed by atoms with Gasteiger partial charge in [-0.25, -0.2) is 4.98 Å². The molecular weight excluding hydrogens is 373 g/mol. The number of carbonyl (C=O) groups is 1. The number of aromatic nitrogens is 1. The number of hydrogen-bond acceptors (Lipinski definition) is 4. The van der Waals surface area contributed by atoms with Gasteiger partial charge in [0.05, 0.1) is 5.60 Å². The maximum atomic E-state index is 12.8. The van der Waals surface area contributed by atoms with Crippen LogP contribution < -0.4 is 4.74 Å². The molecule has 1 aliphatic heterocycles. The van der Waals surface area contributed by atoms with Crippen molar-refractivity contribution in [2.75, 3.05) is 13.1 Å². The molecule has 3 fully saturated rings. The lowest BCUT2D eigenvalue weighted by molar-refractivity contribution is -0.164. The van der Waals surface area contributed by atoms with Crippen LogP contribution in [-0.2, 0) is 11.0 Å². The van der Waals surface area contributed by atoms with Gasteiger partial charge in [-0.1, -0.05) is 6.07 Å². The lowest BCUT2D eigenvalue weighted by Gasteiger charge is -2.55. The first-order chi connectivity index (χ1) is 13.1. The molecule has 0 aromatic carbocycles. The van der Waals surface area contributed by atoms with Crippen molar-refractivity contribution in [1.29, 1.82) is 0 Å². The molecule has 1 amide bonds. The van der Waals surface area contributed by atoms with E-state index in [0.29, 0.717) is 12.8 Å². The number of aliphatic hydroxyl groups is 1. The second-order valence-corrected chi connectivity index (χ2v) is 8.97. The van der Waals surface area contributed by atoms with E-state index in [2.05, 4.69) is 4.98 Å². The second kappa shape index (κ2) is 6.61. The largest absolute Gasteiger partial charge is 0.474 e. The minimum absolute atomic E-state index is 0.0122. The fourth-order valence-corrected chi connectivity index (χ4v) is 4.80. The summed E-state index contributed by atoms with van der Waals surface area (Å²) >= 11 is 0. The van der Waals surface area contributed by atoms with Gasteiger partial charge in [-0.05, 0) is 51.5 Å². The van der Waals surface area contributed by atoms with Crippen LogP contribution in [0.2, 0.25) is 0 Å². The Morgan fingerprint density at radius 3 is 2.46 bits per heavy atom. The number of likely N-dealkylation sites (tertiary alicyclic amines) is 1. The number of nitrogens with zero attached hydrogens (tertiary/aromatic N) is 2. The topological polar surface area (TPSA) is 62.7 Å². The average molecular weight is 398 g/mol. The molecule has 1 N–H and O–H groups in total. The van der Waals surface area contributed by atoms with Crippen LogP contribution in [0.1, 0.15) is 51.1 Å². The molecule has 154 valence electrons.